The van der Waals surface area contributed by atoms with Gasteiger partial charge in [0.05, 0.1) is 23.2 Å². The largest absolute Gasteiger partial charge is 0.481 e. The van der Waals surface area contributed by atoms with Crippen LogP contribution in [0.15, 0.2) is 18.3 Å². The molecule has 0 aromatic carbocycles. The van der Waals surface area contributed by atoms with Gasteiger partial charge in [-0.25, -0.2) is 8.78 Å². The molecule has 0 aliphatic carbocycles. The zero-order valence-electron chi connectivity index (χ0n) is 10.0. The number of carboxylic acids is 1. The van der Waals surface area contributed by atoms with Crippen LogP contribution in [0.1, 0.15) is 12.1 Å². The van der Waals surface area contributed by atoms with Crippen LogP contribution in [0, 0.1) is 5.92 Å². The van der Waals surface area contributed by atoms with Gasteiger partial charge in [0.25, 0.3) is 5.92 Å². The van der Waals surface area contributed by atoms with E-state index in [4.69, 9.17) is 16.7 Å². The van der Waals surface area contributed by atoms with Gasteiger partial charge in [0.2, 0.25) is 0 Å². The molecule has 2 rings (SSSR count). The quantitative estimate of drug-likeness (QED) is 0.928. The van der Waals surface area contributed by atoms with Gasteiger partial charge < -0.3 is 5.11 Å². The predicted octanol–water partition coefficient (Wildman–Crippen LogP) is 2.28. The molecule has 0 bridgehead atoms. The Bertz CT molecular complexity index is 467. The van der Waals surface area contributed by atoms with Gasteiger partial charge in [-0.2, -0.15) is 0 Å². The SMILES string of the molecule is O=C(O)C1CN(Cc2ccc(Cl)cn2)CC(F)(F)C1. The highest BCUT2D eigenvalue weighted by molar-refractivity contribution is 6.30. The summed E-state index contributed by atoms with van der Waals surface area (Å²) in [5.41, 5.74) is 0.589. The molecule has 1 aromatic rings. The molecule has 104 valence electrons. The lowest BCUT2D eigenvalue weighted by atomic mass is 9.95. The Hall–Kier alpha value is -1.27. The van der Waals surface area contributed by atoms with Crippen molar-refractivity contribution in [3.63, 3.8) is 0 Å². The lowest BCUT2D eigenvalue weighted by Crippen LogP contribution is -2.48. The number of likely N-dealkylation sites (tertiary alicyclic amines) is 1. The zero-order valence-corrected chi connectivity index (χ0v) is 10.8. The highest BCUT2D eigenvalue weighted by atomic mass is 35.5. The fraction of sp³-hybridized carbons (Fsp3) is 0.500. The molecule has 1 aromatic heterocycles. The first-order chi connectivity index (χ1) is 8.85. The van der Waals surface area contributed by atoms with Crippen molar-refractivity contribution in [1.82, 2.24) is 9.88 Å². The van der Waals surface area contributed by atoms with E-state index >= 15 is 0 Å². The number of nitrogens with zero attached hydrogens (tertiary/aromatic N) is 2. The molecule has 1 fully saturated rings. The number of hydrogen-bond donors (Lipinski definition) is 1. The van der Waals surface area contributed by atoms with Crippen LogP contribution in [0.2, 0.25) is 5.02 Å². The van der Waals surface area contributed by atoms with E-state index in [9.17, 15) is 13.6 Å². The maximum absolute atomic E-state index is 13.5. The van der Waals surface area contributed by atoms with Crippen LogP contribution in [0.4, 0.5) is 8.78 Å². The number of halogens is 3. The third kappa shape index (κ3) is 3.84. The Morgan fingerprint density at radius 1 is 1.58 bits per heavy atom. The molecule has 0 amide bonds. The topological polar surface area (TPSA) is 53.4 Å². The average molecular weight is 291 g/mol. The van der Waals surface area contributed by atoms with E-state index in [0.29, 0.717) is 10.7 Å². The molecule has 7 heteroatoms. The molecule has 0 saturated carbocycles. The van der Waals surface area contributed by atoms with Crippen molar-refractivity contribution in [3.05, 3.63) is 29.0 Å². The molecule has 19 heavy (non-hydrogen) atoms. The minimum Gasteiger partial charge on any atom is -0.481 e. The fourth-order valence-electron chi connectivity index (χ4n) is 2.21. The van der Waals surface area contributed by atoms with Crippen LogP contribution in [0.5, 0.6) is 0 Å². The summed E-state index contributed by atoms with van der Waals surface area (Å²) in [6, 6.07) is 3.27. The lowest BCUT2D eigenvalue weighted by molar-refractivity contribution is -0.153. The summed E-state index contributed by atoms with van der Waals surface area (Å²) in [5.74, 6) is -5.21. The number of piperidine rings is 1. The van der Waals surface area contributed by atoms with Crippen molar-refractivity contribution >= 4 is 17.6 Å². The minimum atomic E-state index is -2.98. The number of pyridine rings is 1. The fourth-order valence-corrected chi connectivity index (χ4v) is 2.32. The lowest BCUT2D eigenvalue weighted by Gasteiger charge is -2.35. The number of rotatable bonds is 3. The van der Waals surface area contributed by atoms with Gasteiger partial charge in [0.15, 0.2) is 0 Å². The normalized spacial score (nSPS) is 23.2. The molecule has 4 nitrogen and oxygen atoms in total. The number of aliphatic carboxylic acids is 1. The number of aromatic nitrogens is 1. The summed E-state index contributed by atoms with van der Waals surface area (Å²) < 4.78 is 27.0. The summed E-state index contributed by atoms with van der Waals surface area (Å²) in [6.45, 7) is -0.146. The van der Waals surface area contributed by atoms with Gasteiger partial charge in [-0.15, -0.1) is 0 Å². The van der Waals surface area contributed by atoms with Gasteiger partial charge in [-0.3, -0.25) is 14.7 Å². The van der Waals surface area contributed by atoms with E-state index in [0.717, 1.165) is 0 Å². The minimum absolute atomic E-state index is 0.106. The van der Waals surface area contributed by atoms with E-state index in [1.165, 1.54) is 11.1 Å². The highest BCUT2D eigenvalue weighted by Gasteiger charge is 2.42. The van der Waals surface area contributed by atoms with Gasteiger partial charge >= 0.3 is 5.97 Å². The van der Waals surface area contributed by atoms with E-state index in [-0.39, 0.29) is 13.1 Å². The van der Waals surface area contributed by atoms with Crippen LogP contribution in [0.3, 0.4) is 0 Å². The molecule has 2 heterocycles. The Morgan fingerprint density at radius 2 is 2.32 bits per heavy atom. The summed E-state index contributed by atoms with van der Waals surface area (Å²) in [4.78, 5) is 16.3. The van der Waals surface area contributed by atoms with Crippen molar-refractivity contribution in [1.29, 1.82) is 0 Å². The third-order valence-corrected chi connectivity index (χ3v) is 3.23. The first-order valence-corrected chi connectivity index (χ1v) is 6.17. The predicted molar refractivity (Wildman–Crippen MR) is 65.2 cm³/mol. The van der Waals surface area contributed by atoms with E-state index in [1.807, 2.05) is 0 Å². The number of alkyl halides is 2. The number of hydrogen-bond acceptors (Lipinski definition) is 3. The van der Waals surface area contributed by atoms with E-state index in [2.05, 4.69) is 4.98 Å². The molecule has 1 aliphatic heterocycles. The monoisotopic (exact) mass is 290 g/mol. The van der Waals surface area contributed by atoms with Gasteiger partial charge in [-0.1, -0.05) is 11.6 Å². The molecule has 1 aliphatic rings. The molecule has 1 unspecified atom stereocenters. The third-order valence-electron chi connectivity index (χ3n) is 3.00. The van der Waals surface area contributed by atoms with Gasteiger partial charge in [0.1, 0.15) is 0 Å². The van der Waals surface area contributed by atoms with Crippen molar-refractivity contribution < 1.29 is 18.7 Å². The number of carboxylic acid groups (broad SMARTS) is 1. The Morgan fingerprint density at radius 3 is 2.89 bits per heavy atom. The number of carbonyl (C=O) groups is 1. The van der Waals surface area contributed by atoms with E-state index < -0.39 is 30.8 Å². The van der Waals surface area contributed by atoms with Crippen LogP contribution < -0.4 is 0 Å². The first kappa shape index (κ1) is 14.1. The summed E-state index contributed by atoms with van der Waals surface area (Å²) in [6.07, 6.45) is 0.834. The zero-order chi connectivity index (χ0) is 14.0. The van der Waals surface area contributed by atoms with Crippen LogP contribution in [0.25, 0.3) is 0 Å². The summed E-state index contributed by atoms with van der Waals surface area (Å²) in [5, 5.41) is 9.37. The average Bonchev–Trinajstić information content (AvgIpc) is 2.30. The molecular formula is C12H13ClF2N2O2. The standard InChI is InChI=1S/C12H13ClF2N2O2/c13-9-1-2-10(16-4-9)6-17-5-8(11(18)19)3-12(14,15)7-17/h1-2,4,8H,3,5-7H2,(H,18,19). The molecular weight excluding hydrogens is 278 g/mol. The van der Waals surface area contributed by atoms with Crippen LogP contribution in [-0.2, 0) is 11.3 Å². The van der Waals surface area contributed by atoms with Gasteiger partial charge in [-0.05, 0) is 12.1 Å². The maximum Gasteiger partial charge on any atom is 0.308 e. The summed E-state index contributed by atoms with van der Waals surface area (Å²) in [7, 11) is 0. The Kier molecular flexibility index (Phi) is 4.01. The molecule has 1 N–H and O–H groups in total. The highest BCUT2D eigenvalue weighted by Crippen LogP contribution is 2.31. The van der Waals surface area contributed by atoms with Crippen molar-refractivity contribution in [2.24, 2.45) is 5.92 Å². The second-order valence-electron chi connectivity index (χ2n) is 4.73. The Balaban J connectivity index is 2.06. The second-order valence-corrected chi connectivity index (χ2v) is 5.17. The van der Waals surface area contributed by atoms with Gasteiger partial charge in [0, 0.05) is 25.7 Å². The summed E-state index contributed by atoms with van der Waals surface area (Å²) >= 11 is 5.69. The van der Waals surface area contributed by atoms with Crippen LogP contribution >= 0.6 is 11.6 Å². The molecule has 0 spiro atoms. The Labute approximate surface area is 114 Å². The molecule has 0 radical (unpaired) electrons. The maximum atomic E-state index is 13.5. The molecule has 1 atom stereocenters. The first-order valence-electron chi connectivity index (χ1n) is 5.79. The smallest absolute Gasteiger partial charge is 0.308 e. The van der Waals surface area contributed by atoms with E-state index in [1.54, 1.807) is 12.1 Å². The van der Waals surface area contributed by atoms with Crippen LogP contribution in [-0.4, -0.2) is 40.0 Å². The van der Waals surface area contributed by atoms with Crippen molar-refractivity contribution in [3.8, 4) is 0 Å². The van der Waals surface area contributed by atoms with Crippen molar-refractivity contribution in [2.45, 2.75) is 18.9 Å². The molecule has 1 saturated heterocycles. The second kappa shape index (κ2) is 5.38. The van der Waals surface area contributed by atoms with Crippen molar-refractivity contribution in [2.75, 3.05) is 13.1 Å².